The Hall–Kier alpha value is -2.29. The molecule has 0 spiro atoms. The number of aryl methyl sites for hydroxylation is 1. The van der Waals surface area contributed by atoms with Gasteiger partial charge in [0.25, 0.3) is 5.91 Å². The molecule has 0 atom stereocenters. The molecule has 1 amide bonds. The van der Waals surface area contributed by atoms with E-state index >= 15 is 0 Å². The predicted octanol–water partition coefficient (Wildman–Crippen LogP) is 4.55. The molecule has 1 aliphatic carbocycles. The molecule has 0 aromatic heterocycles. The number of ether oxygens (including phenoxy) is 1. The van der Waals surface area contributed by atoms with Crippen LogP contribution in [-0.4, -0.2) is 31.6 Å². The van der Waals surface area contributed by atoms with Gasteiger partial charge in [-0.25, -0.2) is 0 Å². The van der Waals surface area contributed by atoms with Crippen LogP contribution in [0.4, 0.5) is 0 Å². The van der Waals surface area contributed by atoms with Gasteiger partial charge < -0.3 is 20.7 Å². The van der Waals surface area contributed by atoms with Gasteiger partial charge in [0.05, 0.1) is 6.10 Å². The number of aliphatic imine (C=N–C) groups is 1. The fraction of sp³-hybridized carbons (Fsp3) is 0.440. The van der Waals surface area contributed by atoms with Gasteiger partial charge in [0.15, 0.2) is 5.96 Å². The average Bonchev–Trinajstić information content (AvgIpc) is 3.28. The van der Waals surface area contributed by atoms with Crippen molar-refractivity contribution in [3.63, 3.8) is 0 Å². The van der Waals surface area contributed by atoms with Gasteiger partial charge in [0, 0.05) is 37.8 Å². The molecule has 174 valence electrons. The molecule has 2 aromatic carbocycles. The van der Waals surface area contributed by atoms with E-state index in [4.69, 9.17) is 4.74 Å². The number of nitrogens with zero attached hydrogens (tertiary/aromatic N) is 1. The Morgan fingerprint density at radius 3 is 2.38 bits per heavy atom. The SMILES string of the molecule is CCNC(=O)c1ccc(CNC(=NC)NCc2ccc(C)cc2OC2CCCC2)cc1.I. The number of nitrogens with one attached hydrogen (secondary N) is 3. The number of carbonyl (C=O) groups is 1. The van der Waals surface area contributed by atoms with E-state index in [2.05, 4.69) is 46.1 Å². The summed E-state index contributed by atoms with van der Waals surface area (Å²) < 4.78 is 6.30. The fourth-order valence-corrected chi connectivity index (χ4v) is 3.73. The van der Waals surface area contributed by atoms with Gasteiger partial charge in [-0.05, 0) is 68.9 Å². The molecule has 1 fully saturated rings. The van der Waals surface area contributed by atoms with Crippen LogP contribution in [0, 0.1) is 6.92 Å². The Morgan fingerprint density at radius 2 is 1.72 bits per heavy atom. The van der Waals surface area contributed by atoms with Crippen molar-refractivity contribution >= 4 is 35.8 Å². The van der Waals surface area contributed by atoms with Crippen molar-refractivity contribution in [2.24, 2.45) is 4.99 Å². The minimum Gasteiger partial charge on any atom is -0.490 e. The first-order chi connectivity index (χ1) is 15.1. The third-order valence-electron chi connectivity index (χ3n) is 5.50. The van der Waals surface area contributed by atoms with Crippen LogP contribution in [0.1, 0.15) is 59.7 Å². The normalized spacial score (nSPS) is 13.9. The van der Waals surface area contributed by atoms with Crippen molar-refractivity contribution < 1.29 is 9.53 Å². The number of hydrogen-bond acceptors (Lipinski definition) is 3. The first-order valence-corrected chi connectivity index (χ1v) is 11.2. The lowest BCUT2D eigenvalue weighted by atomic mass is 10.1. The summed E-state index contributed by atoms with van der Waals surface area (Å²) in [7, 11) is 1.76. The summed E-state index contributed by atoms with van der Waals surface area (Å²) in [6.45, 7) is 5.89. The zero-order chi connectivity index (χ0) is 22.1. The van der Waals surface area contributed by atoms with Crippen molar-refractivity contribution in [2.75, 3.05) is 13.6 Å². The molecule has 0 bridgehead atoms. The van der Waals surface area contributed by atoms with Crippen LogP contribution in [-0.2, 0) is 13.1 Å². The van der Waals surface area contributed by atoms with Gasteiger partial charge in [-0.1, -0.05) is 24.3 Å². The second-order valence-corrected chi connectivity index (χ2v) is 7.97. The second-order valence-electron chi connectivity index (χ2n) is 7.97. The number of guanidine groups is 1. The largest absolute Gasteiger partial charge is 0.490 e. The molecular formula is C25H35IN4O2. The molecule has 0 aliphatic heterocycles. The van der Waals surface area contributed by atoms with Crippen LogP contribution < -0.4 is 20.7 Å². The molecule has 7 heteroatoms. The smallest absolute Gasteiger partial charge is 0.251 e. The van der Waals surface area contributed by atoms with Crippen LogP contribution in [0.25, 0.3) is 0 Å². The highest BCUT2D eigenvalue weighted by Crippen LogP contribution is 2.27. The van der Waals surface area contributed by atoms with Crippen molar-refractivity contribution in [3.8, 4) is 5.75 Å². The Labute approximate surface area is 208 Å². The number of carbonyl (C=O) groups excluding carboxylic acids is 1. The van der Waals surface area contributed by atoms with E-state index < -0.39 is 0 Å². The lowest BCUT2D eigenvalue weighted by molar-refractivity contribution is 0.0956. The maximum Gasteiger partial charge on any atom is 0.251 e. The Kier molecular flexibility index (Phi) is 10.8. The maximum atomic E-state index is 11.9. The van der Waals surface area contributed by atoms with Crippen molar-refractivity contribution in [2.45, 2.75) is 58.7 Å². The highest BCUT2D eigenvalue weighted by molar-refractivity contribution is 14.0. The van der Waals surface area contributed by atoms with Crippen LogP contribution in [0.5, 0.6) is 5.75 Å². The van der Waals surface area contributed by atoms with Gasteiger partial charge in [0.2, 0.25) is 0 Å². The highest BCUT2D eigenvalue weighted by Gasteiger charge is 2.18. The van der Waals surface area contributed by atoms with E-state index in [1.54, 1.807) is 7.05 Å². The first kappa shape index (κ1) is 26.0. The predicted molar refractivity (Wildman–Crippen MR) is 141 cm³/mol. The summed E-state index contributed by atoms with van der Waals surface area (Å²) in [4.78, 5) is 16.2. The third-order valence-corrected chi connectivity index (χ3v) is 5.50. The van der Waals surface area contributed by atoms with Crippen molar-refractivity contribution in [1.82, 2.24) is 16.0 Å². The number of hydrogen-bond donors (Lipinski definition) is 3. The Morgan fingerprint density at radius 1 is 1.03 bits per heavy atom. The van der Waals surface area contributed by atoms with E-state index in [0.717, 1.165) is 35.7 Å². The quantitative estimate of drug-likeness (QED) is 0.256. The van der Waals surface area contributed by atoms with Crippen LogP contribution in [0.15, 0.2) is 47.5 Å². The minimum absolute atomic E-state index is 0. The average molecular weight is 550 g/mol. The van der Waals surface area contributed by atoms with Crippen LogP contribution in [0.3, 0.4) is 0 Å². The number of benzene rings is 2. The summed E-state index contributed by atoms with van der Waals surface area (Å²) in [6.07, 6.45) is 5.13. The molecule has 0 radical (unpaired) electrons. The third kappa shape index (κ3) is 7.69. The topological polar surface area (TPSA) is 74.8 Å². The summed E-state index contributed by atoms with van der Waals surface area (Å²) in [6, 6.07) is 14.0. The summed E-state index contributed by atoms with van der Waals surface area (Å²) >= 11 is 0. The molecule has 3 N–H and O–H groups in total. The second kappa shape index (κ2) is 13.3. The van der Waals surface area contributed by atoms with E-state index in [-0.39, 0.29) is 29.9 Å². The highest BCUT2D eigenvalue weighted by atomic mass is 127. The molecule has 1 saturated carbocycles. The molecule has 3 rings (SSSR count). The van der Waals surface area contributed by atoms with Gasteiger partial charge in [0.1, 0.15) is 5.75 Å². The molecule has 2 aromatic rings. The molecule has 0 unspecified atom stereocenters. The fourth-order valence-electron chi connectivity index (χ4n) is 3.73. The monoisotopic (exact) mass is 550 g/mol. The lowest BCUT2D eigenvalue weighted by Gasteiger charge is -2.18. The minimum atomic E-state index is -0.0480. The van der Waals surface area contributed by atoms with E-state index in [1.165, 1.54) is 18.4 Å². The zero-order valence-electron chi connectivity index (χ0n) is 19.2. The Bertz CT molecular complexity index is 893. The Balaban J connectivity index is 0.00000363. The standard InChI is InChI=1S/C25H34N4O2.HI/c1-4-27-24(30)20-13-10-19(11-14-20)16-28-25(26-3)29-17-21-12-9-18(2)15-23(21)31-22-7-5-6-8-22;/h9-15,22H,4-8,16-17H2,1-3H3,(H,27,30)(H2,26,28,29);1H. The van der Waals surface area contributed by atoms with E-state index in [9.17, 15) is 4.79 Å². The van der Waals surface area contributed by atoms with E-state index in [1.807, 2.05) is 31.2 Å². The summed E-state index contributed by atoms with van der Waals surface area (Å²) in [5, 5.41) is 9.52. The molecule has 0 saturated heterocycles. The molecule has 1 aliphatic rings. The van der Waals surface area contributed by atoms with E-state index in [0.29, 0.717) is 31.3 Å². The number of rotatable bonds is 8. The number of halogens is 1. The van der Waals surface area contributed by atoms with Crippen LogP contribution in [0.2, 0.25) is 0 Å². The maximum absolute atomic E-state index is 11.9. The van der Waals surface area contributed by atoms with Gasteiger partial charge in [-0.3, -0.25) is 9.79 Å². The first-order valence-electron chi connectivity index (χ1n) is 11.2. The number of amides is 1. The zero-order valence-corrected chi connectivity index (χ0v) is 21.6. The molecule has 0 heterocycles. The molecular weight excluding hydrogens is 515 g/mol. The van der Waals surface area contributed by atoms with Gasteiger partial charge >= 0.3 is 0 Å². The van der Waals surface area contributed by atoms with Crippen molar-refractivity contribution in [3.05, 3.63) is 64.7 Å². The molecule has 6 nitrogen and oxygen atoms in total. The van der Waals surface area contributed by atoms with Gasteiger partial charge in [-0.15, -0.1) is 24.0 Å². The van der Waals surface area contributed by atoms with Crippen molar-refractivity contribution in [1.29, 1.82) is 0 Å². The van der Waals surface area contributed by atoms with Crippen LogP contribution >= 0.6 is 24.0 Å². The summed E-state index contributed by atoms with van der Waals surface area (Å²) in [5.74, 6) is 1.64. The molecule has 32 heavy (non-hydrogen) atoms. The summed E-state index contributed by atoms with van der Waals surface area (Å²) in [5.41, 5.74) is 4.08. The lowest BCUT2D eigenvalue weighted by Crippen LogP contribution is -2.36. The van der Waals surface area contributed by atoms with Gasteiger partial charge in [-0.2, -0.15) is 0 Å².